The van der Waals surface area contributed by atoms with Crippen LogP contribution in [-0.2, 0) is 16.2 Å². The minimum absolute atomic E-state index is 0.0435. The van der Waals surface area contributed by atoms with Crippen LogP contribution >= 0.6 is 0 Å². The first kappa shape index (κ1) is 17.4. The maximum atomic E-state index is 12.7. The molecule has 1 fully saturated rings. The van der Waals surface area contributed by atoms with Gasteiger partial charge in [0.25, 0.3) is 0 Å². The van der Waals surface area contributed by atoms with Gasteiger partial charge in [0.05, 0.1) is 22.1 Å². The van der Waals surface area contributed by atoms with Crippen molar-refractivity contribution in [2.75, 3.05) is 13.1 Å². The van der Waals surface area contributed by atoms with E-state index >= 15 is 0 Å². The Morgan fingerprint density at radius 3 is 2.36 bits per heavy atom. The van der Waals surface area contributed by atoms with E-state index in [-0.39, 0.29) is 29.6 Å². The Labute approximate surface area is 142 Å². The molecule has 25 heavy (non-hydrogen) atoms. The molecule has 1 saturated heterocycles. The second-order valence-electron chi connectivity index (χ2n) is 5.62. The van der Waals surface area contributed by atoms with Crippen molar-refractivity contribution >= 4 is 10.0 Å². The first-order valence-corrected chi connectivity index (χ1v) is 8.69. The highest BCUT2D eigenvalue weighted by Gasteiger charge is 2.39. The summed E-state index contributed by atoms with van der Waals surface area (Å²) in [7, 11) is -3.73. The van der Waals surface area contributed by atoms with E-state index in [2.05, 4.69) is 4.98 Å². The molecule has 0 saturated carbocycles. The van der Waals surface area contributed by atoms with E-state index in [1.54, 1.807) is 0 Å². The molecule has 0 spiro atoms. The normalized spacial score (nSPS) is 16.2. The van der Waals surface area contributed by atoms with Crippen molar-refractivity contribution in [3.05, 3.63) is 59.4 Å². The van der Waals surface area contributed by atoms with Crippen LogP contribution in [0.5, 0.6) is 0 Å². The summed E-state index contributed by atoms with van der Waals surface area (Å²) in [5.41, 5.74) is -0.236. The van der Waals surface area contributed by atoms with Gasteiger partial charge in [-0.3, -0.25) is 4.98 Å². The number of aromatic nitrogens is 1. The molecule has 0 unspecified atom stereocenters. The molecular formula is C16H12F3N3O2S. The average Bonchev–Trinajstić information content (AvgIpc) is 2.53. The minimum atomic E-state index is -4.46. The van der Waals surface area contributed by atoms with Crippen LogP contribution in [0.3, 0.4) is 0 Å². The molecule has 0 N–H and O–H groups in total. The van der Waals surface area contributed by atoms with Crippen molar-refractivity contribution in [3.8, 4) is 6.07 Å². The second-order valence-corrected chi connectivity index (χ2v) is 7.56. The van der Waals surface area contributed by atoms with Crippen LogP contribution < -0.4 is 0 Å². The Morgan fingerprint density at radius 2 is 1.80 bits per heavy atom. The van der Waals surface area contributed by atoms with Crippen molar-refractivity contribution in [1.82, 2.24) is 9.29 Å². The highest BCUT2D eigenvalue weighted by Crippen LogP contribution is 2.34. The number of hydrogen-bond donors (Lipinski definition) is 0. The zero-order chi connectivity index (χ0) is 18.2. The quantitative estimate of drug-likeness (QED) is 0.836. The maximum absolute atomic E-state index is 12.7. The lowest BCUT2D eigenvalue weighted by molar-refractivity contribution is -0.137. The number of halogens is 3. The average molecular weight is 367 g/mol. The van der Waals surface area contributed by atoms with Crippen molar-refractivity contribution in [1.29, 1.82) is 5.26 Å². The molecule has 1 aliphatic rings. The molecule has 1 aromatic heterocycles. The molecule has 0 aliphatic carbocycles. The van der Waals surface area contributed by atoms with Gasteiger partial charge in [-0.1, -0.05) is 0 Å². The number of hydrogen-bond acceptors (Lipinski definition) is 4. The number of nitrogens with zero attached hydrogens (tertiary/aromatic N) is 3. The molecule has 1 aromatic carbocycles. The Balaban J connectivity index is 1.74. The Kier molecular flexibility index (Phi) is 4.26. The number of rotatable bonds is 3. The van der Waals surface area contributed by atoms with Crippen LogP contribution in [0.2, 0.25) is 0 Å². The largest absolute Gasteiger partial charge is 0.416 e. The molecule has 9 heteroatoms. The maximum Gasteiger partial charge on any atom is 0.416 e. The van der Waals surface area contributed by atoms with Gasteiger partial charge in [0, 0.05) is 30.9 Å². The molecule has 2 heterocycles. The van der Waals surface area contributed by atoms with Crippen molar-refractivity contribution < 1.29 is 21.6 Å². The predicted octanol–water partition coefficient (Wildman–Crippen LogP) is 2.76. The third kappa shape index (κ3) is 3.36. The van der Waals surface area contributed by atoms with Crippen LogP contribution in [0.25, 0.3) is 0 Å². The Morgan fingerprint density at radius 1 is 1.16 bits per heavy atom. The lowest BCUT2D eigenvalue weighted by Gasteiger charge is -2.37. The van der Waals surface area contributed by atoms with Crippen LogP contribution in [0.15, 0.2) is 47.5 Å². The summed E-state index contributed by atoms with van der Waals surface area (Å²) < 4.78 is 64.3. The number of benzene rings is 1. The van der Waals surface area contributed by atoms with Crippen molar-refractivity contribution in [3.63, 3.8) is 0 Å². The smallest absolute Gasteiger partial charge is 0.261 e. The molecule has 5 nitrogen and oxygen atoms in total. The molecule has 1 aliphatic heterocycles. The van der Waals surface area contributed by atoms with E-state index in [4.69, 9.17) is 5.26 Å². The van der Waals surface area contributed by atoms with Crippen molar-refractivity contribution in [2.45, 2.75) is 17.0 Å². The monoisotopic (exact) mass is 367 g/mol. The van der Waals surface area contributed by atoms with E-state index in [1.165, 1.54) is 28.6 Å². The van der Waals surface area contributed by atoms with E-state index in [0.29, 0.717) is 5.56 Å². The van der Waals surface area contributed by atoms with Crippen molar-refractivity contribution in [2.24, 2.45) is 0 Å². The van der Waals surface area contributed by atoms with E-state index in [0.717, 1.165) is 18.3 Å². The van der Waals surface area contributed by atoms with Gasteiger partial charge in [0.15, 0.2) is 0 Å². The van der Waals surface area contributed by atoms with Gasteiger partial charge in [-0.2, -0.15) is 22.7 Å². The van der Waals surface area contributed by atoms with Gasteiger partial charge in [-0.15, -0.1) is 0 Å². The van der Waals surface area contributed by atoms with Crippen LogP contribution in [-0.4, -0.2) is 30.8 Å². The third-order valence-electron chi connectivity index (χ3n) is 4.00. The summed E-state index contributed by atoms with van der Waals surface area (Å²) >= 11 is 0. The van der Waals surface area contributed by atoms with Crippen LogP contribution in [0.1, 0.15) is 22.7 Å². The zero-order valence-corrected chi connectivity index (χ0v) is 13.5. The first-order chi connectivity index (χ1) is 11.7. The van der Waals surface area contributed by atoms with Crippen LogP contribution in [0, 0.1) is 11.3 Å². The van der Waals surface area contributed by atoms with Gasteiger partial charge in [-0.05, 0) is 36.4 Å². The van der Waals surface area contributed by atoms with E-state index < -0.39 is 21.8 Å². The fourth-order valence-electron chi connectivity index (χ4n) is 2.52. The SMILES string of the molecule is N#Cc1ccc(S(=O)(=O)N2CC(c3cc(C(F)(F)F)ccn3)C2)cc1. The molecule has 0 radical (unpaired) electrons. The molecule has 130 valence electrons. The van der Waals surface area contributed by atoms with E-state index in [9.17, 15) is 21.6 Å². The van der Waals surface area contributed by atoms with E-state index in [1.807, 2.05) is 6.07 Å². The Hall–Kier alpha value is -2.44. The molecule has 0 atom stereocenters. The molecule has 3 rings (SSSR count). The Bertz CT molecular complexity index is 928. The lowest BCUT2D eigenvalue weighted by atomic mass is 9.97. The summed E-state index contributed by atoms with van der Waals surface area (Å²) in [6.07, 6.45) is -3.38. The lowest BCUT2D eigenvalue weighted by Crippen LogP contribution is -2.48. The summed E-state index contributed by atoms with van der Waals surface area (Å²) in [6.45, 7) is 0.132. The number of sulfonamides is 1. The number of pyridine rings is 1. The minimum Gasteiger partial charge on any atom is -0.261 e. The van der Waals surface area contributed by atoms with Crippen LogP contribution in [0.4, 0.5) is 13.2 Å². The summed E-state index contributed by atoms with van der Waals surface area (Å²) in [4.78, 5) is 3.97. The highest BCUT2D eigenvalue weighted by atomic mass is 32.2. The number of alkyl halides is 3. The number of nitriles is 1. The van der Waals surface area contributed by atoms with Gasteiger partial charge < -0.3 is 0 Å². The topological polar surface area (TPSA) is 74.1 Å². The summed E-state index contributed by atoms with van der Waals surface area (Å²) in [5, 5.41) is 8.74. The fraction of sp³-hybridized carbons (Fsp3) is 0.250. The molecule has 2 aromatic rings. The summed E-state index contributed by atoms with van der Waals surface area (Å²) in [6, 6.07) is 9.21. The van der Waals surface area contributed by atoms with Gasteiger partial charge in [-0.25, -0.2) is 8.42 Å². The second kappa shape index (κ2) is 6.13. The molecule has 0 amide bonds. The highest BCUT2D eigenvalue weighted by molar-refractivity contribution is 7.89. The first-order valence-electron chi connectivity index (χ1n) is 7.25. The fourth-order valence-corrected chi connectivity index (χ4v) is 4.05. The zero-order valence-electron chi connectivity index (χ0n) is 12.7. The van der Waals surface area contributed by atoms with Gasteiger partial charge in [0.1, 0.15) is 0 Å². The van der Waals surface area contributed by atoms with Gasteiger partial charge in [0.2, 0.25) is 10.0 Å². The molecular weight excluding hydrogens is 355 g/mol. The summed E-state index contributed by atoms with van der Waals surface area (Å²) in [5.74, 6) is -0.379. The predicted molar refractivity (Wildman–Crippen MR) is 81.9 cm³/mol. The standard InChI is InChI=1S/C16H12F3N3O2S/c17-16(18,19)13-5-6-21-15(7-13)12-9-22(10-12)25(23,24)14-3-1-11(8-20)2-4-14/h1-7,12H,9-10H2. The third-order valence-corrected chi connectivity index (χ3v) is 5.84. The van der Waals surface area contributed by atoms with Gasteiger partial charge >= 0.3 is 6.18 Å². The molecule has 0 bridgehead atoms.